The summed E-state index contributed by atoms with van der Waals surface area (Å²) in [6.07, 6.45) is 4.35. The first-order valence-electron chi connectivity index (χ1n) is 11.1. The van der Waals surface area contributed by atoms with Gasteiger partial charge in [-0.25, -0.2) is 0 Å². The summed E-state index contributed by atoms with van der Waals surface area (Å²) in [6.45, 7) is 1.42. The maximum Gasteiger partial charge on any atom is 0.237 e. The van der Waals surface area contributed by atoms with Gasteiger partial charge >= 0.3 is 0 Å². The Morgan fingerprint density at radius 1 is 1.00 bits per heavy atom. The van der Waals surface area contributed by atoms with Crippen LogP contribution in [0.1, 0.15) is 36.8 Å². The first kappa shape index (κ1) is 24.1. The van der Waals surface area contributed by atoms with E-state index in [0.717, 1.165) is 50.1 Å². The van der Waals surface area contributed by atoms with Crippen molar-refractivity contribution < 1.29 is 14.3 Å². The third-order valence-electron chi connectivity index (χ3n) is 6.52. The van der Waals surface area contributed by atoms with Crippen molar-refractivity contribution in [1.82, 2.24) is 10.6 Å². The molecule has 0 bridgehead atoms. The van der Waals surface area contributed by atoms with Crippen LogP contribution in [0, 0.1) is 11.8 Å². The molecule has 32 heavy (non-hydrogen) atoms. The van der Waals surface area contributed by atoms with Gasteiger partial charge in [0.2, 0.25) is 11.8 Å². The second-order valence-corrected chi connectivity index (χ2v) is 8.59. The molecule has 0 saturated heterocycles. The van der Waals surface area contributed by atoms with Crippen molar-refractivity contribution in [2.45, 2.75) is 44.7 Å². The van der Waals surface area contributed by atoms with Gasteiger partial charge in [-0.3, -0.25) is 9.59 Å². The third kappa shape index (κ3) is 6.02. The Labute approximate surface area is 195 Å². The van der Waals surface area contributed by atoms with Crippen LogP contribution in [0.25, 0.3) is 0 Å². The molecule has 1 unspecified atom stereocenters. The van der Waals surface area contributed by atoms with E-state index < -0.39 is 0 Å². The van der Waals surface area contributed by atoms with Crippen LogP contribution in [0.15, 0.2) is 48.5 Å². The topological polar surface area (TPSA) is 79.5 Å². The second-order valence-electron chi connectivity index (χ2n) is 8.59. The zero-order chi connectivity index (χ0) is 21.6. The molecule has 7 heteroatoms. The molecule has 4 rings (SSSR count). The second kappa shape index (κ2) is 11.3. The fourth-order valence-corrected chi connectivity index (χ4v) is 4.58. The molecule has 0 spiro atoms. The number of fused-ring (bicyclic) bond motifs is 1. The fourth-order valence-electron chi connectivity index (χ4n) is 4.58. The smallest absolute Gasteiger partial charge is 0.237 e. The number of benzene rings is 2. The van der Waals surface area contributed by atoms with Crippen LogP contribution >= 0.6 is 12.4 Å². The molecule has 0 radical (unpaired) electrons. The molecule has 1 fully saturated rings. The quantitative estimate of drug-likeness (QED) is 0.618. The van der Waals surface area contributed by atoms with Gasteiger partial charge in [-0.1, -0.05) is 30.3 Å². The molecule has 2 aromatic carbocycles. The van der Waals surface area contributed by atoms with Crippen molar-refractivity contribution in [3.05, 3.63) is 59.7 Å². The number of hydrogen-bond acceptors (Lipinski definition) is 4. The number of halogens is 1. The standard InChI is InChI=1S/C25H31N3O3.ClH/c1-31-22-8-4-7-21(14-22)28-24(29)18-11-9-17(10-12-18)15-27-25(30)23-13-19-5-2-3-6-20(19)16-26-23;/h2-8,14,17-18,23,26H,9-13,15-16H2,1H3,(H,27,30)(H,28,29);1H. The molecule has 2 aromatic rings. The Bertz CT molecular complexity index is 928. The van der Waals surface area contributed by atoms with Gasteiger partial charge in [0.05, 0.1) is 13.2 Å². The lowest BCUT2D eigenvalue weighted by molar-refractivity contribution is -0.124. The molecule has 1 aliphatic heterocycles. The van der Waals surface area contributed by atoms with Crippen molar-refractivity contribution in [3.63, 3.8) is 0 Å². The Balaban J connectivity index is 0.00000289. The minimum atomic E-state index is -0.167. The lowest BCUT2D eigenvalue weighted by Crippen LogP contribution is -2.48. The van der Waals surface area contributed by atoms with Crippen molar-refractivity contribution in [3.8, 4) is 5.75 Å². The number of amides is 2. The van der Waals surface area contributed by atoms with Crippen molar-refractivity contribution >= 4 is 29.9 Å². The molecule has 1 aliphatic carbocycles. The normalized spacial score (nSPS) is 22.1. The minimum absolute atomic E-state index is 0. The number of carbonyl (C=O) groups excluding carboxylic acids is 2. The number of methoxy groups -OCH3 is 1. The summed E-state index contributed by atoms with van der Waals surface area (Å²) in [4.78, 5) is 25.2. The molecule has 0 aromatic heterocycles. The Kier molecular flexibility index (Phi) is 8.53. The predicted octanol–water partition coefficient (Wildman–Crippen LogP) is 3.69. The summed E-state index contributed by atoms with van der Waals surface area (Å²) in [5.74, 6) is 1.33. The van der Waals surface area contributed by atoms with Gasteiger partial charge in [0.15, 0.2) is 0 Å². The minimum Gasteiger partial charge on any atom is -0.497 e. The largest absolute Gasteiger partial charge is 0.497 e. The van der Waals surface area contributed by atoms with Crippen LogP contribution in [0.2, 0.25) is 0 Å². The molecule has 1 saturated carbocycles. The van der Waals surface area contributed by atoms with E-state index in [9.17, 15) is 9.59 Å². The van der Waals surface area contributed by atoms with Gasteiger partial charge in [-0.2, -0.15) is 0 Å². The fraction of sp³-hybridized carbons (Fsp3) is 0.440. The van der Waals surface area contributed by atoms with Crippen molar-refractivity contribution in [2.75, 3.05) is 19.0 Å². The summed E-state index contributed by atoms with van der Waals surface area (Å²) in [6, 6.07) is 15.5. The summed E-state index contributed by atoms with van der Waals surface area (Å²) in [5, 5.41) is 9.48. The van der Waals surface area contributed by atoms with Crippen molar-refractivity contribution in [2.24, 2.45) is 11.8 Å². The molecule has 1 atom stereocenters. The first-order chi connectivity index (χ1) is 15.1. The summed E-state index contributed by atoms with van der Waals surface area (Å²) >= 11 is 0. The number of carbonyl (C=O) groups is 2. The Hall–Kier alpha value is -2.57. The SMILES string of the molecule is COc1cccc(NC(=O)C2CCC(CNC(=O)C3Cc4ccccc4CN3)CC2)c1.Cl. The monoisotopic (exact) mass is 457 g/mol. The van der Waals surface area contributed by atoms with Crippen LogP contribution in [0.5, 0.6) is 5.75 Å². The summed E-state index contributed by atoms with van der Waals surface area (Å²) in [7, 11) is 1.62. The lowest BCUT2D eigenvalue weighted by atomic mass is 9.81. The number of rotatable bonds is 6. The van der Waals surface area contributed by atoms with E-state index in [1.807, 2.05) is 36.4 Å². The summed E-state index contributed by atoms with van der Waals surface area (Å²) in [5.41, 5.74) is 3.29. The number of nitrogens with one attached hydrogen (secondary N) is 3. The van der Waals surface area contributed by atoms with E-state index in [2.05, 4.69) is 28.1 Å². The lowest BCUT2D eigenvalue weighted by Gasteiger charge is -2.29. The van der Waals surface area contributed by atoms with Gasteiger partial charge in [-0.05, 0) is 61.3 Å². The average molecular weight is 458 g/mol. The van der Waals surface area contributed by atoms with Gasteiger partial charge in [-0.15, -0.1) is 12.4 Å². The number of hydrogen-bond donors (Lipinski definition) is 3. The van der Waals surface area contributed by atoms with Crippen LogP contribution in [-0.2, 0) is 22.6 Å². The Morgan fingerprint density at radius 2 is 1.75 bits per heavy atom. The van der Waals surface area contributed by atoms with Crippen LogP contribution in [0.3, 0.4) is 0 Å². The van der Waals surface area contributed by atoms with Gasteiger partial charge in [0.25, 0.3) is 0 Å². The van der Waals surface area contributed by atoms with E-state index in [1.54, 1.807) is 7.11 Å². The van der Waals surface area contributed by atoms with E-state index >= 15 is 0 Å². The molecule has 2 aliphatic rings. The van der Waals surface area contributed by atoms with E-state index in [4.69, 9.17) is 4.74 Å². The molecule has 3 N–H and O–H groups in total. The van der Waals surface area contributed by atoms with Gasteiger partial charge < -0.3 is 20.7 Å². The van der Waals surface area contributed by atoms with Crippen LogP contribution < -0.4 is 20.7 Å². The maximum atomic E-state index is 12.6. The highest BCUT2D eigenvalue weighted by Crippen LogP contribution is 2.30. The van der Waals surface area contributed by atoms with E-state index in [1.165, 1.54) is 11.1 Å². The molecule has 1 heterocycles. The summed E-state index contributed by atoms with van der Waals surface area (Å²) < 4.78 is 5.21. The van der Waals surface area contributed by atoms with Gasteiger partial charge in [0, 0.05) is 30.8 Å². The van der Waals surface area contributed by atoms with E-state index in [0.29, 0.717) is 12.5 Å². The van der Waals surface area contributed by atoms with Crippen molar-refractivity contribution in [1.29, 1.82) is 0 Å². The third-order valence-corrected chi connectivity index (χ3v) is 6.52. The molecule has 172 valence electrons. The molecular formula is C25H32ClN3O3. The van der Waals surface area contributed by atoms with E-state index in [-0.39, 0.29) is 36.2 Å². The highest BCUT2D eigenvalue weighted by atomic mass is 35.5. The predicted molar refractivity (Wildman–Crippen MR) is 128 cm³/mol. The van der Waals surface area contributed by atoms with Gasteiger partial charge in [0.1, 0.15) is 5.75 Å². The number of anilines is 1. The zero-order valence-corrected chi connectivity index (χ0v) is 19.3. The average Bonchev–Trinajstić information content (AvgIpc) is 2.82. The number of ether oxygens (including phenoxy) is 1. The maximum absolute atomic E-state index is 12.6. The first-order valence-corrected chi connectivity index (χ1v) is 11.1. The molecular weight excluding hydrogens is 426 g/mol. The Morgan fingerprint density at radius 3 is 2.50 bits per heavy atom. The van der Waals surface area contributed by atoms with Crippen LogP contribution in [0.4, 0.5) is 5.69 Å². The zero-order valence-electron chi connectivity index (χ0n) is 18.4. The highest BCUT2D eigenvalue weighted by Gasteiger charge is 2.28. The van der Waals surface area contributed by atoms with Crippen LogP contribution in [-0.4, -0.2) is 31.5 Å². The molecule has 6 nitrogen and oxygen atoms in total. The highest BCUT2D eigenvalue weighted by molar-refractivity contribution is 5.92. The molecule has 2 amide bonds.